The number of esters is 1. The zero-order valence-electron chi connectivity index (χ0n) is 36.0. The van der Waals surface area contributed by atoms with Crippen LogP contribution in [0.1, 0.15) is 164 Å². The van der Waals surface area contributed by atoms with E-state index in [1.54, 1.807) is 6.92 Å². The van der Waals surface area contributed by atoms with Gasteiger partial charge in [0.15, 0.2) is 5.78 Å². The van der Waals surface area contributed by atoms with Crippen LogP contribution in [0.25, 0.3) is 33.2 Å². The lowest BCUT2D eigenvalue weighted by Gasteiger charge is -2.17. The molecule has 8 bridgehead atoms. The molecule has 3 atom stereocenters. The molecule has 1 aliphatic carbocycles. The van der Waals surface area contributed by atoms with Crippen LogP contribution in [0.4, 0.5) is 0 Å². The lowest BCUT2D eigenvalue weighted by atomic mass is 9.85. The first-order valence-corrected chi connectivity index (χ1v) is 20.4. The monoisotopic (exact) mass is 757 g/mol. The number of hydrogen-bond donors (Lipinski definition) is 3. The van der Waals surface area contributed by atoms with Gasteiger partial charge < -0.3 is 19.8 Å². The highest BCUT2D eigenvalue weighted by Crippen LogP contribution is 2.46. The van der Waals surface area contributed by atoms with E-state index >= 15 is 0 Å². The number of nitrogens with zero attached hydrogens (tertiary/aromatic N) is 2. The van der Waals surface area contributed by atoms with E-state index in [4.69, 9.17) is 14.7 Å². The summed E-state index contributed by atoms with van der Waals surface area (Å²) >= 11 is 0. The van der Waals surface area contributed by atoms with Crippen molar-refractivity contribution in [3.63, 3.8) is 0 Å². The number of H-pyrrole nitrogens is 2. The van der Waals surface area contributed by atoms with Crippen LogP contribution in [0.15, 0.2) is 53.1 Å². The minimum atomic E-state index is -0.776. The summed E-state index contributed by atoms with van der Waals surface area (Å²) in [6.07, 6.45) is 11.4. The molecule has 0 unspecified atom stereocenters. The molecular formula is C48H60N4O4. The number of nitrogens with one attached hydrogen (secondary N) is 2. The third kappa shape index (κ3) is 8.46. The van der Waals surface area contributed by atoms with Crippen LogP contribution in [0.3, 0.4) is 0 Å². The highest BCUT2D eigenvalue weighted by molar-refractivity contribution is 6.32. The van der Waals surface area contributed by atoms with Gasteiger partial charge in [-0.1, -0.05) is 42.7 Å². The lowest BCUT2D eigenvalue weighted by Crippen LogP contribution is -2.10. The molecule has 0 aromatic carbocycles. The number of carbonyl (C=O) groups is 2. The summed E-state index contributed by atoms with van der Waals surface area (Å²) in [6.45, 7) is 20.6. The van der Waals surface area contributed by atoms with Gasteiger partial charge in [-0.15, -0.1) is 0 Å². The zero-order valence-corrected chi connectivity index (χ0v) is 35.0. The molecular weight excluding hydrogens is 697 g/mol. The van der Waals surface area contributed by atoms with Crippen LogP contribution in [0.5, 0.6) is 0 Å². The van der Waals surface area contributed by atoms with Gasteiger partial charge >= 0.3 is 5.97 Å². The summed E-state index contributed by atoms with van der Waals surface area (Å²) in [5.41, 5.74) is 15.8. The van der Waals surface area contributed by atoms with Crippen molar-refractivity contribution in [1.82, 2.24) is 19.9 Å². The second-order valence-corrected chi connectivity index (χ2v) is 16.3. The molecule has 0 spiro atoms. The van der Waals surface area contributed by atoms with E-state index in [-0.39, 0.29) is 49.1 Å². The molecule has 3 aromatic heterocycles. The Morgan fingerprint density at radius 3 is 2.36 bits per heavy atom. The van der Waals surface area contributed by atoms with Gasteiger partial charge in [0, 0.05) is 69.1 Å². The number of carbonyl (C=O) groups excluding carboxylic acids is 2. The minimum Gasteiger partial charge on any atom is -0.461 e. The van der Waals surface area contributed by atoms with Crippen molar-refractivity contribution in [2.24, 2.45) is 0 Å². The molecule has 3 N–H and O–H groups in total. The Labute approximate surface area is 333 Å². The van der Waals surface area contributed by atoms with E-state index in [1.165, 1.54) is 16.7 Å². The summed E-state index contributed by atoms with van der Waals surface area (Å²) in [5.74, 6) is -0.735. The summed E-state index contributed by atoms with van der Waals surface area (Å²) in [6, 6.07) is 4.28. The van der Waals surface area contributed by atoms with Gasteiger partial charge in [-0.25, -0.2) is 4.98 Å². The molecule has 0 saturated carbocycles. The lowest BCUT2D eigenvalue weighted by molar-refractivity contribution is -0.142. The van der Waals surface area contributed by atoms with Crippen LogP contribution in [-0.4, -0.2) is 43.4 Å². The molecule has 296 valence electrons. The number of allylic oxidation sites excluding steroid dienone is 7. The number of hydrogen-bond acceptors (Lipinski definition) is 6. The minimum absolute atomic E-state index is 0.0122. The summed E-state index contributed by atoms with van der Waals surface area (Å²) < 4.78 is 15.3. The molecule has 6 rings (SSSR count). The number of ketones is 1. The molecule has 0 fully saturated rings. The Hall–Kier alpha value is -4.82. The van der Waals surface area contributed by atoms with Gasteiger partial charge in [-0.2, -0.15) is 0 Å². The normalized spacial score (nSPS) is 17.8. The summed E-state index contributed by atoms with van der Waals surface area (Å²) in [7, 11) is 0. The average Bonchev–Trinajstić information content (AvgIpc) is 3.91. The van der Waals surface area contributed by atoms with Crippen LogP contribution in [-0.2, 0) is 27.2 Å². The summed E-state index contributed by atoms with van der Waals surface area (Å²) in [5, 5.41) is 11.0. The number of aryl methyl sites for hydroxylation is 3. The topological polar surface area (TPSA) is 121 Å². The van der Waals surface area contributed by atoms with E-state index in [2.05, 4.69) is 63.7 Å². The second kappa shape index (κ2) is 17.1. The van der Waals surface area contributed by atoms with Gasteiger partial charge in [-0.05, 0) is 140 Å². The van der Waals surface area contributed by atoms with E-state index in [0.29, 0.717) is 28.9 Å². The molecule has 3 aromatic rings. The fourth-order valence-electron chi connectivity index (χ4n) is 8.55. The maximum Gasteiger partial charge on any atom is 0.306 e. The van der Waals surface area contributed by atoms with E-state index in [9.17, 15) is 16.1 Å². The van der Waals surface area contributed by atoms with Crippen LogP contribution >= 0.6 is 0 Å². The Morgan fingerprint density at radius 2 is 1.66 bits per heavy atom. The fourth-order valence-corrected chi connectivity index (χ4v) is 8.55. The van der Waals surface area contributed by atoms with Crippen LogP contribution in [0.2, 0.25) is 0 Å². The van der Waals surface area contributed by atoms with Gasteiger partial charge in [0.1, 0.15) is 6.61 Å². The third-order valence-electron chi connectivity index (χ3n) is 11.9. The maximum absolute atomic E-state index is 13.7. The van der Waals surface area contributed by atoms with Crippen molar-refractivity contribution in [3.05, 3.63) is 104 Å². The third-order valence-corrected chi connectivity index (χ3v) is 11.9. The number of aromatic nitrogens is 4. The number of ether oxygens (including phenoxy) is 1. The first-order valence-electron chi connectivity index (χ1n) is 20.9. The highest BCUT2D eigenvalue weighted by atomic mass is 16.5. The molecule has 5 heterocycles. The molecule has 8 heteroatoms. The van der Waals surface area contributed by atoms with E-state index < -0.39 is 6.10 Å². The zero-order chi connectivity index (χ0) is 41.3. The maximum atomic E-state index is 13.7. The van der Waals surface area contributed by atoms with Crippen LogP contribution < -0.4 is 0 Å². The average molecular weight is 758 g/mol. The van der Waals surface area contributed by atoms with E-state index in [0.717, 1.165) is 93.4 Å². The number of aliphatic hydroxyl groups excluding tert-OH is 1. The number of rotatable bonds is 13. The molecule has 0 saturated heterocycles. The highest BCUT2D eigenvalue weighted by Gasteiger charge is 2.39. The van der Waals surface area contributed by atoms with Crippen molar-refractivity contribution >= 4 is 45.0 Å². The van der Waals surface area contributed by atoms with Crippen molar-refractivity contribution in [2.45, 2.75) is 139 Å². The Balaban J connectivity index is 1.35. The second-order valence-electron chi connectivity index (χ2n) is 16.3. The predicted octanol–water partition coefficient (Wildman–Crippen LogP) is 11.2. The molecule has 3 aliphatic rings. The van der Waals surface area contributed by atoms with Crippen molar-refractivity contribution < 1.29 is 20.8 Å². The molecule has 0 radical (unpaired) electrons. The quantitative estimate of drug-likeness (QED) is 0.118. The first kappa shape index (κ1) is 39.4. The number of aliphatic hydroxyl groups is 1. The molecule has 2 aliphatic heterocycles. The predicted molar refractivity (Wildman–Crippen MR) is 228 cm³/mol. The molecule has 56 heavy (non-hydrogen) atoms. The fraction of sp³-hybridized carbons (Fsp3) is 0.458. The SMILES string of the molecule is [2H]c1c2nc(c3c4nc(cc5[nH]c(cc6[nH]c1c(C)c6[C@@H](C)O)c(C)c5CC)C(C)=C4C(=O)C3)[C@@H](CCC(=O)OC/C=C(\C)CC/C=C(\C)CCC=C(C)C)[C@@H]2C. The first-order chi connectivity index (χ1) is 27.1. The molecule has 0 amide bonds. The molecule has 8 nitrogen and oxygen atoms in total. The number of aromatic amines is 2. The summed E-state index contributed by atoms with van der Waals surface area (Å²) in [4.78, 5) is 44.3. The van der Waals surface area contributed by atoms with E-state index in [1.807, 2.05) is 39.0 Å². The van der Waals surface area contributed by atoms with Crippen molar-refractivity contribution in [2.75, 3.05) is 6.61 Å². The number of fused-ring (bicyclic) bond motifs is 8. The van der Waals surface area contributed by atoms with Gasteiger partial charge in [0.2, 0.25) is 0 Å². The van der Waals surface area contributed by atoms with Crippen molar-refractivity contribution in [3.8, 4) is 0 Å². The van der Waals surface area contributed by atoms with Gasteiger partial charge in [0.25, 0.3) is 0 Å². The number of Topliss-reactive ketones (excluding diaryl/α,β-unsaturated/α-hetero) is 1. The van der Waals surface area contributed by atoms with Gasteiger partial charge in [-0.3, -0.25) is 14.6 Å². The smallest absolute Gasteiger partial charge is 0.306 e. The Kier molecular flexibility index (Phi) is 12.1. The standard InChI is InChI=1S/C48H60N4O4/c1-11-34-29(6)37-25-42-45(33(10)53)31(8)39(50-42)23-38-30(7)35(18-19-44(55)56-21-20-28(5)17-13-16-27(4)15-12-14-26(2)3)47(51-38)36-22-43(54)46-32(9)40(52-48(36)46)24-41(34)49-37/h14,16,20,23-25,30,33,35,49-50,53H,11-13,15,17-19,21-22H2,1-10H3/b27-16+,28-20+,37-25?,38-23?,39-23?,40-24?,41-24?,42-25?,47-36?/t30-,33+,35-/m0/s1/i23D. The van der Waals surface area contributed by atoms with Crippen LogP contribution in [0, 0.1) is 13.8 Å². The Morgan fingerprint density at radius 1 is 0.964 bits per heavy atom. The van der Waals surface area contributed by atoms with Gasteiger partial charge in [0.05, 0.1) is 24.6 Å². The largest absolute Gasteiger partial charge is 0.461 e. The Bertz CT molecular complexity index is 2400. The van der Waals surface area contributed by atoms with Crippen molar-refractivity contribution in [1.29, 1.82) is 0 Å².